The van der Waals surface area contributed by atoms with Crippen molar-refractivity contribution in [2.24, 2.45) is 0 Å². The van der Waals surface area contributed by atoms with Crippen LogP contribution in [0.25, 0.3) is 0 Å². The van der Waals surface area contributed by atoms with Crippen LogP contribution < -0.4 is 10.6 Å². The van der Waals surface area contributed by atoms with Crippen molar-refractivity contribution in [3.63, 3.8) is 0 Å². The van der Waals surface area contributed by atoms with Crippen LogP contribution in [0.2, 0.25) is 0 Å². The summed E-state index contributed by atoms with van der Waals surface area (Å²) < 4.78 is 26.4. The molecule has 2 aromatic rings. The Bertz CT molecular complexity index is 619. The monoisotopic (exact) mass is 326 g/mol. The van der Waals surface area contributed by atoms with Crippen LogP contribution in [0.3, 0.4) is 0 Å². The minimum absolute atomic E-state index is 0.170. The molecule has 6 heteroatoms. The van der Waals surface area contributed by atoms with Gasteiger partial charge in [-0.3, -0.25) is 0 Å². The van der Waals surface area contributed by atoms with Gasteiger partial charge in [0.15, 0.2) is 11.6 Å². The van der Waals surface area contributed by atoms with E-state index in [1.54, 1.807) is 18.2 Å². The van der Waals surface area contributed by atoms with Gasteiger partial charge < -0.3 is 10.6 Å². The fourth-order valence-corrected chi connectivity index (χ4v) is 1.81. The molecule has 0 aliphatic carbocycles. The maximum Gasteiger partial charge on any atom is 0.323 e. The van der Waals surface area contributed by atoms with Crippen molar-refractivity contribution in [3.8, 4) is 0 Å². The first kappa shape index (κ1) is 13.5. The molecule has 0 aliphatic rings. The third-order valence-electron chi connectivity index (χ3n) is 2.30. The van der Waals surface area contributed by atoms with E-state index >= 15 is 0 Å². The van der Waals surface area contributed by atoms with Crippen molar-refractivity contribution in [3.05, 3.63) is 58.6 Å². The Labute approximate surface area is 116 Å². The number of amides is 2. The quantitative estimate of drug-likeness (QED) is 0.845. The highest BCUT2D eigenvalue weighted by molar-refractivity contribution is 9.10. The average Bonchev–Trinajstić information content (AvgIpc) is 2.37. The summed E-state index contributed by atoms with van der Waals surface area (Å²) in [6.07, 6.45) is 0. The van der Waals surface area contributed by atoms with Crippen molar-refractivity contribution in [1.29, 1.82) is 0 Å². The smallest absolute Gasteiger partial charge is 0.308 e. The zero-order valence-corrected chi connectivity index (χ0v) is 11.2. The van der Waals surface area contributed by atoms with E-state index in [1.807, 2.05) is 6.07 Å². The maximum absolute atomic E-state index is 13.0. The highest BCUT2D eigenvalue weighted by Gasteiger charge is 2.07. The van der Waals surface area contributed by atoms with Crippen molar-refractivity contribution in [1.82, 2.24) is 0 Å². The minimum Gasteiger partial charge on any atom is -0.308 e. The lowest BCUT2D eigenvalue weighted by Gasteiger charge is -2.09. The third kappa shape index (κ3) is 3.51. The largest absolute Gasteiger partial charge is 0.323 e. The van der Waals surface area contributed by atoms with Gasteiger partial charge in [0.1, 0.15) is 0 Å². The van der Waals surface area contributed by atoms with Crippen LogP contribution in [-0.4, -0.2) is 6.03 Å². The van der Waals surface area contributed by atoms with E-state index in [9.17, 15) is 13.6 Å². The second-order valence-corrected chi connectivity index (χ2v) is 4.54. The maximum atomic E-state index is 13.0. The van der Waals surface area contributed by atoms with Crippen molar-refractivity contribution in [2.75, 3.05) is 10.6 Å². The zero-order chi connectivity index (χ0) is 13.8. The SMILES string of the molecule is O=C(Nc1ccc(F)c(F)c1)Nc1ccccc1Br. The van der Waals surface area contributed by atoms with Gasteiger partial charge in [0.25, 0.3) is 0 Å². The summed E-state index contributed by atoms with van der Waals surface area (Å²) in [6.45, 7) is 0. The summed E-state index contributed by atoms with van der Waals surface area (Å²) in [7, 11) is 0. The second-order valence-electron chi connectivity index (χ2n) is 3.69. The number of para-hydroxylation sites is 1. The number of hydrogen-bond donors (Lipinski definition) is 2. The number of nitrogens with one attached hydrogen (secondary N) is 2. The molecule has 0 fully saturated rings. The molecule has 2 rings (SSSR count). The Morgan fingerprint density at radius 3 is 2.42 bits per heavy atom. The number of urea groups is 1. The number of carbonyl (C=O) groups is 1. The Hall–Kier alpha value is -1.95. The number of benzene rings is 2. The van der Waals surface area contributed by atoms with E-state index < -0.39 is 17.7 Å². The molecule has 0 saturated carbocycles. The van der Waals surface area contributed by atoms with Crippen molar-refractivity contribution < 1.29 is 13.6 Å². The first-order valence-corrected chi connectivity index (χ1v) is 6.13. The molecule has 98 valence electrons. The van der Waals surface area contributed by atoms with Crippen LogP contribution in [0.5, 0.6) is 0 Å². The van der Waals surface area contributed by atoms with E-state index in [1.165, 1.54) is 6.07 Å². The molecular weight excluding hydrogens is 318 g/mol. The lowest BCUT2D eigenvalue weighted by molar-refractivity contribution is 0.262. The van der Waals surface area contributed by atoms with Gasteiger partial charge in [0.05, 0.1) is 5.69 Å². The molecule has 0 unspecified atom stereocenters. The minimum atomic E-state index is -1.02. The van der Waals surface area contributed by atoms with Gasteiger partial charge in [-0.2, -0.15) is 0 Å². The molecule has 2 N–H and O–H groups in total. The van der Waals surface area contributed by atoms with E-state index in [2.05, 4.69) is 26.6 Å². The number of hydrogen-bond acceptors (Lipinski definition) is 1. The molecular formula is C13H9BrF2N2O. The third-order valence-corrected chi connectivity index (χ3v) is 2.99. The molecule has 0 heterocycles. The molecule has 0 aromatic heterocycles. The fourth-order valence-electron chi connectivity index (χ4n) is 1.42. The summed E-state index contributed by atoms with van der Waals surface area (Å²) in [6, 6.07) is 9.64. The summed E-state index contributed by atoms with van der Waals surface area (Å²) in [5.74, 6) is -1.98. The molecule has 2 aromatic carbocycles. The Morgan fingerprint density at radius 1 is 1.00 bits per heavy atom. The summed E-state index contributed by atoms with van der Waals surface area (Å²) >= 11 is 3.28. The van der Waals surface area contributed by atoms with Gasteiger partial charge in [-0.15, -0.1) is 0 Å². The molecule has 0 radical (unpaired) electrons. The number of rotatable bonds is 2. The zero-order valence-electron chi connectivity index (χ0n) is 9.58. The highest BCUT2D eigenvalue weighted by Crippen LogP contribution is 2.21. The van der Waals surface area contributed by atoms with Gasteiger partial charge in [-0.05, 0) is 40.2 Å². The van der Waals surface area contributed by atoms with Gasteiger partial charge in [-0.25, -0.2) is 13.6 Å². The molecule has 3 nitrogen and oxygen atoms in total. The topological polar surface area (TPSA) is 41.1 Å². The lowest BCUT2D eigenvalue weighted by atomic mass is 10.3. The number of carbonyl (C=O) groups excluding carboxylic acids is 1. The fraction of sp³-hybridized carbons (Fsp3) is 0. The Kier molecular flexibility index (Phi) is 4.11. The predicted molar refractivity (Wildman–Crippen MR) is 73.1 cm³/mol. The molecule has 2 amide bonds. The molecule has 0 spiro atoms. The molecule has 0 aliphatic heterocycles. The lowest BCUT2D eigenvalue weighted by Crippen LogP contribution is -2.19. The van der Waals surface area contributed by atoms with Gasteiger partial charge >= 0.3 is 6.03 Å². The van der Waals surface area contributed by atoms with E-state index in [4.69, 9.17) is 0 Å². The average molecular weight is 327 g/mol. The van der Waals surface area contributed by atoms with Crippen LogP contribution in [0.1, 0.15) is 0 Å². The first-order chi connectivity index (χ1) is 9.06. The van der Waals surface area contributed by atoms with E-state index in [-0.39, 0.29) is 5.69 Å². The number of halogens is 3. The Morgan fingerprint density at radius 2 is 1.74 bits per heavy atom. The summed E-state index contributed by atoms with van der Waals surface area (Å²) in [5, 5.41) is 4.99. The first-order valence-electron chi connectivity index (χ1n) is 5.34. The van der Waals surface area contributed by atoms with Crippen LogP contribution in [0, 0.1) is 11.6 Å². The van der Waals surface area contributed by atoms with Gasteiger partial charge in [0.2, 0.25) is 0 Å². The molecule has 19 heavy (non-hydrogen) atoms. The van der Waals surface area contributed by atoms with Crippen LogP contribution in [-0.2, 0) is 0 Å². The van der Waals surface area contributed by atoms with Crippen LogP contribution in [0.15, 0.2) is 46.9 Å². The molecule has 0 atom stereocenters. The second kappa shape index (κ2) is 5.79. The number of anilines is 2. The van der Waals surface area contributed by atoms with Crippen LogP contribution >= 0.6 is 15.9 Å². The standard InChI is InChI=1S/C13H9BrF2N2O/c14-9-3-1-2-4-12(9)18-13(19)17-8-5-6-10(15)11(16)7-8/h1-7H,(H2,17,18,19). The molecule has 0 saturated heterocycles. The van der Waals surface area contributed by atoms with Gasteiger partial charge in [0, 0.05) is 16.2 Å². The van der Waals surface area contributed by atoms with E-state index in [0.717, 1.165) is 16.6 Å². The highest BCUT2D eigenvalue weighted by atomic mass is 79.9. The van der Waals surface area contributed by atoms with Crippen molar-refractivity contribution >= 4 is 33.3 Å². The van der Waals surface area contributed by atoms with Gasteiger partial charge in [-0.1, -0.05) is 12.1 Å². The summed E-state index contributed by atoms with van der Waals surface area (Å²) in [4.78, 5) is 11.7. The van der Waals surface area contributed by atoms with Crippen molar-refractivity contribution in [2.45, 2.75) is 0 Å². The molecule has 0 bridgehead atoms. The normalized spacial score (nSPS) is 10.1. The van der Waals surface area contributed by atoms with E-state index in [0.29, 0.717) is 5.69 Å². The predicted octanol–water partition coefficient (Wildman–Crippen LogP) is 4.37. The van der Waals surface area contributed by atoms with Crippen LogP contribution in [0.4, 0.5) is 25.0 Å². The summed E-state index contributed by atoms with van der Waals surface area (Å²) in [5.41, 5.74) is 0.742. The Balaban J connectivity index is 2.05.